The lowest BCUT2D eigenvalue weighted by atomic mass is 10.1. The van der Waals surface area contributed by atoms with Gasteiger partial charge < -0.3 is 0 Å². The first-order valence-corrected chi connectivity index (χ1v) is 4.97. The minimum atomic E-state index is -6.45. The van der Waals surface area contributed by atoms with Gasteiger partial charge in [-0.25, -0.2) is 4.99 Å². The Morgan fingerprint density at radius 3 is 1.85 bits per heavy atom. The summed E-state index contributed by atoms with van der Waals surface area (Å²) in [6, 6.07) is 6.37. The van der Waals surface area contributed by atoms with Crippen molar-refractivity contribution in [1.29, 1.82) is 0 Å². The second-order valence-electron chi connectivity index (χ2n) is 3.59. The van der Waals surface area contributed by atoms with Gasteiger partial charge >= 0.3 is 18.0 Å². The van der Waals surface area contributed by atoms with Gasteiger partial charge in [0, 0.05) is 0 Å². The molecule has 0 unspecified atom stereocenters. The Hall–Kier alpha value is -2.04. The van der Waals surface area contributed by atoms with E-state index in [1.165, 1.54) is 18.2 Å². The summed E-state index contributed by atoms with van der Waals surface area (Å²) in [6.45, 7) is 0. The Morgan fingerprint density at radius 1 is 0.950 bits per heavy atom. The molecule has 8 heteroatoms. The molecule has 0 aliphatic heterocycles. The van der Waals surface area contributed by atoms with Crippen LogP contribution in [-0.2, 0) is 0 Å². The molecule has 0 N–H and O–H groups in total. The number of para-hydroxylation sites is 1. The molecule has 0 spiro atoms. The van der Waals surface area contributed by atoms with Gasteiger partial charge in [0.1, 0.15) is 0 Å². The summed E-state index contributed by atoms with van der Waals surface area (Å²) in [5.74, 6) is -10.9. The molecule has 0 bridgehead atoms. The van der Waals surface area contributed by atoms with E-state index in [4.69, 9.17) is 0 Å². The van der Waals surface area contributed by atoms with Crippen molar-refractivity contribution in [3.8, 4) is 12.3 Å². The van der Waals surface area contributed by atoms with Crippen molar-refractivity contribution in [2.75, 3.05) is 0 Å². The summed E-state index contributed by atoms with van der Waals surface area (Å²) in [5, 5.41) is 0. The zero-order chi connectivity index (χ0) is 15.6. The van der Waals surface area contributed by atoms with E-state index >= 15 is 0 Å². The maximum Gasteiger partial charge on any atom is 0.460 e. The lowest BCUT2D eigenvalue weighted by molar-refractivity contribution is -0.336. The van der Waals surface area contributed by atoms with Crippen molar-refractivity contribution in [1.82, 2.24) is 0 Å². The highest BCUT2D eigenvalue weighted by Gasteiger charge is 2.74. The van der Waals surface area contributed by atoms with E-state index in [0.717, 1.165) is 18.1 Å². The Kier molecular flexibility index (Phi) is 4.12. The number of benzene rings is 1. The van der Waals surface area contributed by atoms with Gasteiger partial charge in [0.2, 0.25) is 0 Å². The smallest absolute Gasteiger partial charge is 0.238 e. The van der Waals surface area contributed by atoms with Crippen molar-refractivity contribution in [3.63, 3.8) is 0 Å². The van der Waals surface area contributed by atoms with Gasteiger partial charge in [-0.1, -0.05) is 18.2 Å². The van der Waals surface area contributed by atoms with Crippen LogP contribution < -0.4 is 0 Å². The molecule has 1 aromatic carbocycles. The van der Waals surface area contributed by atoms with Crippen molar-refractivity contribution in [2.24, 2.45) is 4.99 Å². The molecule has 1 nitrogen and oxygen atoms in total. The number of nitrogens with zero attached hydrogens (tertiary/aromatic N) is 1. The van der Waals surface area contributed by atoms with Crippen molar-refractivity contribution >= 4 is 11.4 Å². The van der Waals surface area contributed by atoms with Gasteiger partial charge in [-0.3, -0.25) is 0 Å². The molecule has 0 amide bonds. The Morgan fingerprint density at radius 2 is 1.45 bits per heavy atom. The van der Waals surface area contributed by atoms with Gasteiger partial charge in [0.15, 0.2) is 5.71 Å². The minimum Gasteiger partial charge on any atom is -0.238 e. The van der Waals surface area contributed by atoms with Gasteiger partial charge in [-0.2, -0.15) is 30.7 Å². The summed E-state index contributed by atoms with van der Waals surface area (Å²) in [5.41, 5.74) is -2.26. The van der Waals surface area contributed by atoms with Crippen LogP contribution in [0.3, 0.4) is 0 Å². The Bertz CT molecular complexity index is 537. The predicted octanol–water partition coefficient (Wildman–Crippen LogP) is 4.23. The molecule has 0 aromatic heterocycles. The molecule has 0 saturated carbocycles. The number of rotatable bonds is 3. The SMILES string of the molecule is C#CC(=Nc1ccccc1)C(F)(F)C(F)(F)C(F)(F)F. The zero-order valence-corrected chi connectivity index (χ0v) is 9.56. The maximum atomic E-state index is 13.3. The molecule has 0 aliphatic carbocycles. The highest BCUT2D eigenvalue weighted by Crippen LogP contribution is 2.47. The van der Waals surface area contributed by atoms with Gasteiger partial charge in [0.05, 0.1) is 5.69 Å². The van der Waals surface area contributed by atoms with E-state index in [-0.39, 0.29) is 5.69 Å². The lowest BCUT2D eigenvalue weighted by Crippen LogP contribution is -2.55. The van der Waals surface area contributed by atoms with Crippen LogP contribution in [0.25, 0.3) is 0 Å². The molecular weight excluding hydrogens is 291 g/mol. The van der Waals surface area contributed by atoms with Crippen LogP contribution in [0.5, 0.6) is 0 Å². The quantitative estimate of drug-likeness (QED) is 0.450. The molecule has 0 radical (unpaired) electrons. The van der Waals surface area contributed by atoms with Crippen LogP contribution in [0, 0.1) is 12.3 Å². The fourth-order valence-electron chi connectivity index (χ4n) is 1.15. The molecule has 108 valence electrons. The van der Waals surface area contributed by atoms with Crippen LogP contribution in [0.4, 0.5) is 36.4 Å². The maximum absolute atomic E-state index is 13.3. The van der Waals surface area contributed by atoms with Crippen molar-refractivity contribution < 1.29 is 30.7 Å². The van der Waals surface area contributed by atoms with E-state index in [1.807, 2.05) is 0 Å². The predicted molar refractivity (Wildman–Crippen MR) is 58.3 cm³/mol. The third kappa shape index (κ3) is 2.76. The summed E-state index contributed by atoms with van der Waals surface area (Å²) in [6.07, 6.45) is -1.87. The van der Waals surface area contributed by atoms with Crippen LogP contribution >= 0.6 is 0 Å². The Balaban J connectivity index is 3.32. The minimum absolute atomic E-state index is 0.266. The van der Waals surface area contributed by atoms with Gasteiger partial charge in [-0.05, 0) is 18.1 Å². The number of alkyl halides is 7. The third-order valence-electron chi connectivity index (χ3n) is 2.18. The van der Waals surface area contributed by atoms with Crippen LogP contribution in [-0.4, -0.2) is 23.7 Å². The largest absolute Gasteiger partial charge is 0.460 e. The average Bonchev–Trinajstić information content (AvgIpc) is 2.35. The van der Waals surface area contributed by atoms with E-state index in [2.05, 4.69) is 11.4 Å². The molecule has 1 rings (SSSR count). The topological polar surface area (TPSA) is 12.4 Å². The van der Waals surface area contributed by atoms with Crippen LogP contribution in [0.15, 0.2) is 35.3 Å². The summed E-state index contributed by atoms with van der Waals surface area (Å²) in [7, 11) is 0. The van der Waals surface area contributed by atoms with Gasteiger partial charge in [-0.15, -0.1) is 6.42 Å². The van der Waals surface area contributed by atoms with Crippen molar-refractivity contribution in [3.05, 3.63) is 30.3 Å². The third-order valence-corrected chi connectivity index (χ3v) is 2.18. The molecule has 1 aromatic rings. The zero-order valence-electron chi connectivity index (χ0n) is 9.56. The number of hydrogen-bond donors (Lipinski definition) is 0. The second-order valence-corrected chi connectivity index (χ2v) is 3.59. The number of aliphatic imine (C=N–C) groups is 1. The highest BCUT2D eigenvalue weighted by molar-refractivity contribution is 6.07. The monoisotopic (exact) mass is 297 g/mol. The van der Waals surface area contributed by atoms with E-state index in [1.54, 1.807) is 0 Å². The normalized spacial score (nSPS) is 14.0. The molecular formula is C12H6F7N. The first kappa shape index (κ1) is 16.0. The Labute approximate surface area is 109 Å². The number of halogens is 7. The number of terminal acetylenes is 1. The molecule has 0 heterocycles. The van der Waals surface area contributed by atoms with E-state index in [9.17, 15) is 30.7 Å². The fraction of sp³-hybridized carbons (Fsp3) is 0.250. The van der Waals surface area contributed by atoms with Crippen molar-refractivity contribution in [2.45, 2.75) is 18.0 Å². The molecule has 0 fully saturated rings. The second kappa shape index (κ2) is 5.15. The standard InChI is InChI=1S/C12H6F7N/c1-2-9(20-8-6-4-3-5-7-8)10(13,14)11(15,16)12(17,18)19/h1,3-7H. The average molecular weight is 297 g/mol. The first-order chi connectivity index (χ1) is 9.04. The molecule has 0 atom stereocenters. The van der Waals surface area contributed by atoms with Gasteiger partial charge in [0.25, 0.3) is 0 Å². The summed E-state index contributed by atoms with van der Waals surface area (Å²) in [4.78, 5) is 2.98. The number of hydrogen-bond acceptors (Lipinski definition) is 1. The van der Waals surface area contributed by atoms with E-state index < -0.39 is 23.7 Å². The molecule has 20 heavy (non-hydrogen) atoms. The highest BCUT2D eigenvalue weighted by atomic mass is 19.4. The summed E-state index contributed by atoms with van der Waals surface area (Å²) >= 11 is 0. The lowest BCUT2D eigenvalue weighted by Gasteiger charge is -2.27. The van der Waals surface area contributed by atoms with Crippen LogP contribution in [0.2, 0.25) is 0 Å². The molecule has 0 aliphatic rings. The molecule has 0 saturated heterocycles. The van der Waals surface area contributed by atoms with Crippen LogP contribution in [0.1, 0.15) is 0 Å². The fourth-order valence-corrected chi connectivity index (χ4v) is 1.15. The first-order valence-electron chi connectivity index (χ1n) is 4.97. The summed E-state index contributed by atoms with van der Waals surface area (Å²) < 4.78 is 88.2. The van der Waals surface area contributed by atoms with E-state index in [0.29, 0.717) is 0 Å².